The molecule has 0 spiro atoms. The second-order valence-corrected chi connectivity index (χ2v) is 4.59. The number of benzene rings is 1. The molecule has 0 aliphatic heterocycles. The molecule has 2 N–H and O–H groups in total. The number of ether oxygens (including phenoxy) is 1. The second kappa shape index (κ2) is 6.40. The number of likely N-dealkylation sites (N-methyl/N-ethyl adjacent to an activating group) is 1. The quantitative estimate of drug-likeness (QED) is 0.801. The summed E-state index contributed by atoms with van der Waals surface area (Å²) >= 11 is 0. The highest BCUT2D eigenvalue weighted by atomic mass is 16.5. The first-order chi connectivity index (χ1) is 8.79. The van der Waals surface area contributed by atoms with Crippen LogP contribution in [0, 0.1) is 0 Å². The van der Waals surface area contributed by atoms with Crippen LogP contribution in [0.3, 0.4) is 0 Å². The van der Waals surface area contributed by atoms with Crippen molar-refractivity contribution >= 4 is 5.91 Å². The van der Waals surface area contributed by atoms with Crippen molar-refractivity contribution in [2.45, 2.75) is 31.9 Å². The Balaban J connectivity index is 1.91. The molecule has 1 amide bonds. The third kappa shape index (κ3) is 3.47. The lowest BCUT2D eigenvalue weighted by molar-refractivity contribution is -0.120. The van der Waals surface area contributed by atoms with Crippen LogP contribution in [-0.4, -0.2) is 25.6 Å². The van der Waals surface area contributed by atoms with Gasteiger partial charge < -0.3 is 15.4 Å². The van der Waals surface area contributed by atoms with Crippen LogP contribution in [0.5, 0.6) is 5.75 Å². The van der Waals surface area contributed by atoms with E-state index in [2.05, 4.69) is 10.6 Å². The van der Waals surface area contributed by atoms with E-state index in [0.717, 1.165) is 24.2 Å². The molecule has 0 heterocycles. The van der Waals surface area contributed by atoms with Gasteiger partial charge in [0.2, 0.25) is 5.91 Å². The van der Waals surface area contributed by atoms with Crippen LogP contribution < -0.4 is 15.4 Å². The van der Waals surface area contributed by atoms with Crippen LogP contribution >= 0.6 is 0 Å². The van der Waals surface area contributed by atoms with Crippen molar-refractivity contribution in [1.82, 2.24) is 10.6 Å². The summed E-state index contributed by atoms with van der Waals surface area (Å²) < 4.78 is 5.91. The molecule has 1 aromatic rings. The van der Waals surface area contributed by atoms with Crippen molar-refractivity contribution in [3.05, 3.63) is 29.8 Å². The average Bonchev–Trinajstić information content (AvgIpc) is 2.33. The van der Waals surface area contributed by atoms with Gasteiger partial charge in [0.1, 0.15) is 5.75 Å². The van der Waals surface area contributed by atoms with Crippen molar-refractivity contribution in [2.24, 2.45) is 0 Å². The summed E-state index contributed by atoms with van der Waals surface area (Å²) in [5.41, 5.74) is 1.04. The third-order valence-corrected chi connectivity index (χ3v) is 3.13. The van der Waals surface area contributed by atoms with Crippen molar-refractivity contribution < 1.29 is 9.53 Å². The summed E-state index contributed by atoms with van der Waals surface area (Å²) in [7, 11) is 1.76. The van der Waals surface area contributed by atoms with Gasteiger partial charge in [0.15, 0.2) is 0 Å². The highest BCUT2D eigenvalue weighted by molar-refractivity contribution is 5.77. The molecule has 0 atom stereocenters. The summed E-state index contributed by atoms with van der Waals surface area (Å²) in [6, 6.07) is 7.89. The molecule has 1 saturated carbocycles. The Labute approximate surface area is 108 Å². The summed E-state index contributed by atoms with van der Waals surface area (Å²) in [6.07, 6.45) is 3.89. The molecule has 0 saturated heterocycles. The molecular formula is C14H20N2O2. The summed E-state index contributed by atoms with van der Waals surface area (Å²) in [4.78, 5) is 11.4. The smallest absolute Gasteiger partial charge is 0.234 e. The minimum Gasteiger partial charge on any atom is -0.490 e. The predicted molar refractivity (Wildman–Crippen MR) is 70.5 cm³/mol. The maximum absolute atomic E-state index is 11.4. The van der Waals surface area contributed by atoms with Gasteiger partial charge in [-0.05, 0) is 32.4 Å². The molecule has 2 rings (SSSR count). The fourth-order valence-corrected chi connectivity index (χ4v) is 1.85. The number of nitrogens with one attached hydrogen (secondary N) is 2. The number of amides is 1. The van der Waals surface area contributed by atoms with E-state index in [0.29, 0.717) is 19.2 Å². The lowest BCUT2D eigenvalue weighted by Crippen LogP contribution is -2.32. The van der Waals surface area contributed by atoms with Crippen LogP contribution in [0.1, 0.15) is 24.8 Å². The van der Waals surface area contributed by atoms with Crippen LogP contribution in [0.4, 0.5) is 0 Å². The van der Waals surface area contributed by atoms with Gasteiger partial charge in [0.25, 0.3) is 0 Å². The molecule has 4 nitrogen and oxygen atoms in total. The Hall–Kier alpha value is -1.55. The fraction of sp³-hybridized carbons (Fsp3) is 0.500. The molecule has 1 aliphatic carbocycles. The molecule has 18 heavy (non-hydrogen) atoms. The van der Waals surface area contributed by atoms with Crippen LogP contribution in [0.2, 0.25) is 0 Å². The molecule has 1 aromatic carbocycles. The molecule has 1 fully saturated rings. The maximum atomic E-state index is 11.4. The van der Waals surface area contributed by atoms with Gasteiger partial charge in [-0.25, -0.2) is 0 Å². The Morgan fingerprint density at radius 3 is 2.83 bits per heavy atom. The summed E-state index contributed by atoms with van der Waals surface area (Å²) in [6.45, 7) is 0.856. The number of carbonyl (C=O) groups excluding carboxylic acids is 1. The first-order valence-electron chi connectivity index (χ1n) is 6.45. The number of rotatable bonds is 6. The molecule has 0 bridgehead atoms. The first kappa shape index (κ1) is 12.9. The van der Waals surface area contributed by atoms with Gasteiger partial charge in [-0.1, -0.05) is 18.2 Å². The average molecular weight is 248 g/mol. The SMILES string of the molecule is CNCC(=O)NCc1ccccc1OC1CCC1. The maximum Gasteiger partial charge on any atom is 0.234 e. The van der Waals surface area contributed by atoms with Gasteiger partial charge in [-0.3, -0.25) is 4.79 Å². The molecule has 0 radical (unpaired) electrons. The van der Waals surface area contributed by atoms with E-state index in [1.807, 2.05) is 24.3 Å². The minimum atomic E-state index is -0.00375. The number of hydrogen-bond donors (Lipinski definition) is 2. The predicted octanol–water partition coefficient (Wildman–Crippen LogP) is 1.45. The Kier molecular flexibility index (Phi) is 4.59. The molecule has 1 aliphatic rings. The zero-order chi connectivity index (χ0) is 12.8. The van der Waals surface area contributed by atoms with E-state index in [-0.39, 0.29) is 5.91 Å². The molecule has 0 aromatic heterocycles. The lowest BCUT2D eigenvalue weighted by Gasteiger charge is -2.27. The standard InChI is InChI=1S/C14H20N2O2/c1-15-10-14(17)16-9-11-5-2-3-8-13(11)18-12-6-4-7-12/h2-3,5,8,12,15H,4,6-7,9-10H2,1H3,(H,16,17). The van der Waals surface area contributed by atoms with E-state index < -0.39 is 0 Å². The van der Waals surface area contributed by atoms with Gasteiger partial charge in [0, 0.05) is 12.1 Å². The lowest BCUT2D eigenvalue weighted by atomic mass is 9.96. The van der Waals surface area contributed by atoms with Gasteiger partial charge in [-0.15, -0.1) is 0 Å². The molecular weight excluding hydrogens is 228 g/mol. The first-order valence-corrected chi connectivity index (χ1v) is 6.45. The van der Waals surface area contributed by atoms with Crippen LogP contribution in [0.15, 0.2) is 24.3 Å². The summed E-state index contributed by atoms with van der Waals surface area (Å²) in [5.74, 6) is 0.892. The third-order valence-electron chi connectivity index (χ3n) is 3.13. The number of para-hydroxylation sites is 1. The van der Waals surface area contributed by atoms with Crippen LogP contribution in [0.25, 0.3) is 0 Å². The number of hydrogen-bond acceptors (Lipinski definition) is 3. The van der Waals surface area contributed by atoms with E-state index in [9.17, 15) is 4.79 Å². The van der Waals surface area contributed by atoms with Gasteiger partial charge in [0.05, 0.1) is 12.6 Å². The Morgan fingerprint density at radius 1 is 1.39 bits per heavy atom. The summed E-state index contributed by atoms with van der Waals surface area (Å²) in [5, 5.41) is 5.69. The zero-order valence-corrected chi connectivity index (χ0v) is 10.7. The van der Waals surface area contributed by atoms with Crippen molar-refractivity contribution in [1.29, 1.82) is 0 Å². The minimum absolute atomic E-state index is 0.00375. The Bertz CT molecular complexity index is 403. The highest BCUT2D eigenvalue weighted by Gasteiger charge is 2.20. The van der Waals surface area contributed by atoms with E-state index in [1.54, 1.807) is 7.05 Å². The van der Waals surface area contributed by atoms with E-state index >= 15 is 0 Å². The van der Waals surface area contributed by atoms with Crippen molar-refractivity contribution in [3.63, 3.8) is 0 Å². The van der Waals surface area contributed by atoms with Crippen LogP contribution in [-0.2, 0) is 11.3 Å². The highest BCUT2D eigenvalue weighted by Crippen LogP contribution is 2.27. The number of carbonyl (C=O) groups is 1. The normalized spacial score (nSPS) is 14.9. The van der Waals surface area contributed by atoms with Crippen molar-refractivity contribution in [3.8, 4) is 5.75 Å². The molecule has 0 unspecified atom stereocenters. The fourth-order valence-electron chi connectivity index (χ4n) is 1.85. The Morgan fingerprint density at radius 2 is 2.17 bits per heavy atom. The topological polar surface area (TPSA) is 50.4 Å². The van der Waals surface area contributed by atoms with Crippen molar-refractivity contribution in [2.75, 3.05) is 13.6 Å². The van der Waals surface area contributed by atoms with E-state index in [4.69, 9.17) is 4.74 Å². The molecule has 98 valence electrons. The monoisotopic (exact) mass is 248 g/mol. The van der Waals surface area contributed by atoms with Gasteiger partial charge in [-0.2, -0.15) is 0 Å². The largest absolute Gasteiger partial charge is 0.490 e. The second-order valence-electron chi connectivity index (χ2n) is 4.59. The van der Waals surface area contributed by atoms with Gasteiger partial charge >= 0.3 is 0 Å². The molecule has 4 heteroatoms. The van der Waals surface area contributed by atoms with E-state index in [1.165, 1.54) is 6.42 Å². The zero-order valence-electron chi connectivity index (χ0n) is 10.7.